The second-order valence-corrected chi connectivity index (χ2v) is 19.1. The second-order valence-electron chi connectivity index (χ2n) is 19.1. The molecule has 6 amide bonds. The molecule has 0 spiro atoms. The summed E-state index contributed by atoms with van der Waals surface area (Å²) in [5.41, 5.74) is 25.2. The number of nitrogens with zero attached hydrogens (tertiary/aromatic N) is 2. The molecule has 0 unspecified atom stereocenters. The number of carbonyl (C=O) groups is 9. The molecule has 1 fully saturated rings. The Labute approximate surface area is 432 Å². The molecular weight excluding hydrogens is 949 g/mol. The van der Waals surface area contributed by atoms with E-state index in [-0.39, 0.29) is 109 Å². The summed E-state index contributed by atoms with van der Waals surface area (Å²) < 4.78 is 0. The van der Waals surface area contributed by atoms with E-state index in [1.54, 1.807) is 43.5 Å². The number of hydrogen-bond donors (Lipinski definition) is 10. The van der Waals surface area contributed by atoms with Crippen LogP contribution >= 0.6 is 0 Å². The number of amides is 6. The quantitative estimate of drug-likeness (QED) is 0.0392. The Morgan fingerprint density at radius 3 is 2.16 bits per heavy atom. The van der Waals surface area contributed by atoms with Crippen LogP contribution in [-0.2, 0) is 56.0 Å². The average molecular weight is 1030 g/mol. The van der Waals surface area contributed by atoms with E-state index >= 15 is 0 Å². The predicted octanol–water partition coefficient (Wildman–Crippen LogP) is 1.82. The third kappa shape index (κ3) is 20.2. The Hall–Kier alpha value is -7.45. The zero-order valence-electron chi connectivity index (χ0n) is 42.9. The number of H-pyrrole nitrogens is 1. The molecule has 1 aromatic heterocycles. The van der Waals surface area contributed by atoms with E-state index in [1.807, 2.05) is 31.2 Å². The van der Waals surface area contributed by atoms with E-state index in [4.69, 9.17) is 22.9 Å². The maximum absolute atomic E-state index is 14.7. The molecule has 1 saturated heterocycles. The van der Waals surface area contributed by atoms with Crippen molar-refractivity contribution in [2.45, 2.75) is 141 Å². The number of nitrogens with two attached hydrogens (primary N) is 4. The van der Waals surface area contributed by atoms with Crippen molar-refractivity contribution in [3.8, 4) is 0 Å². The van der Waals surface area contributed by atoms with Gasteiger partial charge in [-0.15, -0.1) is 0 Å². The number of rotatable bonds is 22. The molecule has 0 aliphatic carbocycles. The lowest BCUT2D eigenvalue weighted by Crippen LogP contribution is -2.58. The Morgan fingerprint density at radius 2 is 1.47 bits per heavy atom. The van der Waals surface area contributed by atoms with Gasteiger partial charge in [0.1, 0.15) is 29.7 Å². The molecule has 14 N–H and O–H groups in total. The van der Waals surface area contributed by atoms with E-state index < -0.39 is 94.7 Å². The lowest BCUT2D eigenvalue weighted by atomic mass is 9.81. The number of aliphatic imine (C=N–C) groups is 2. The van der Waals surface area contributed by atoms with Gasteiger partial charge in [-0.25, -0.2) is 0 Å². The zero-order valence-corrected chi connectivity index (χ0v) is 42.9. The van der Waals surface area contributed by atoms with Crippen LogP contribution in [0.25, 0.3) is 10.9 Å². The van der Waals surface area contributed by atoms with Gasteiger partial charge in [-0.05, 0) is 81.9 Å². The largest absolute Gasteiger partial charge is 0.388 e. The summed E-state index contributed by atoms with van der Waals surface area (Å²) in [7, 11) is 0. The fourth-order valence-electron chi connectivity index (χ4n) is 9.02. The average Bonchev–Trinajstić information content (AvgIpc) is 3.76. The summed E-state index contributed by atoms with van der Waals surface area (Å²) in [6.45, 7) is 5.02. The third-order valence-electron chi connectivity index (χ3n) is 13.1. The number of aromatic nitrogens is 1. The zero-order chi connectivity index (χ0) is 54.2. The number of guanidine groups is 1. The molecule has 21 heteroatoms. The number of nitrogens with one attached hydrogen (secondary N) is 6. The lowest BCUT2D eigenvalue weighted by molar-refractivity contribution is -0.135. The Kier molecular flexibility index (Phi) is 24.4. The highest BCUT2D eigenvalue weighted by Crippen LogP contribution is 2.27. The standard InChI is InChI=1S/C53H76N12O9/c1-4-5-17-41(62-33(3)66)50(72)64-43-20-21-48(70)59-25-22-36(46(68)30-37(49(55)71)27-38-31-61-40-18-10-9-16-39(38)40)28-45(67)35(15-11-24-60-53(56)57)29-47(69)44(26-34-13-7-6-8-14-34)65-51(73)42(63-52(43)74)19-12-23-58-32(2)54/h6-10,13-14,16,18,31,35-37,41-44,61H,4-5,11-12,15,17,19-30H2,1-3H3,(H2,54,58)(H2,55,71)(H,59,70)(H,62,66)(H,63,74)(H,64,72)(H,65,73)(H4,56,57,60)/t35-,36-,37-,41+,42+,43+,44-/m1/s1. The SMILES string of the molecule is CCCC[C@H](NC(C)=O)C(=O)N[C@H]1CCC(=O)NCC[C@@H](C(=O)C[C@@H](Cc2c[nH]c3ccccc23)C(N)=O)CC(=O)[C@H](CCCN=C(N)N)CC(=O)[C@@H](Cc2ccccc2)NC(=O)[C@H](CCCN=C(C)N)NC1=O. The van der Waals surface area contributed by atoms with E-state index in [9.17, 15) is 43.2 Å². The van der Waals surface area contributed by atoms with Gasteiger partial charge in [0.15, 0.2) is 11.7 Å². The van der Waals surface area contributed by atoms with Crippen molar-refractivity contribution >= 4 is 75.5 Å². The van der Waals surface area contributed by atoms with Crippen molar-refractivity contribution < 1.29 is 43.2 Å². The van der Waals surface area contributed by atoms with Crippen LogP contribution in [0.1, 0.15) is 115 Å². The van der Waals surface area contributed by atoms with Crippen molar-refractivity contribution in [2.75, 3.05) is 19.6 Å². The molecular formula is C53H76N12O9. The van der Waals surface area contributed by atoms with Gasteiger partial charge >= 0.3 is 0 Å². The molecule has 7 atom stereocenters. The third-order valence-corrected chi connectivity index (χ3v) is 13.1. The molecule has 4 rings (SSSR count). The van der Waals surface area contributed by atoms with Crippen molar-refractivity contribution in [1.29, 1.82) is 0 Å². The van der Waals surface area contributed by atoms with Crippen LogP contribution in [0.15, 0.2) is 70.8 Å². The number of aromatic amines is 1. The van der Waals surface area contributed by atoms with Crippen molar-refractivity contribution in [1.82, 2.24) is 31.6 Å². The minimum absolute atomic E-state index is 0.0124. The molecule has 21 nitrogen and oxygen atoms in total. The van der Waals surface area contributed by atoms with Gasteiger partial charge in [-0.2, -0.15) is 0 Å². The Morgan fingerprint density at radius 1 is 0.784 bits per heavy atom. The van der Waals surface area contributed by atoms with Gasteiger partial charge in [0, 0.05) is 87.1 Å². The molecule has 2 aromatic carbocycles. The number of Topliss-reactive ketones (excluding diaryl/α,β-unsaturated/α-hetero) is 3. The summed E-state index contributed by atoms with van der Waals surface area (Å²) in [5, 5.41) is 14.6. The number of unbranched alkanes of at least 4 members (excludes halogenated alkanes) is 1. The normalized spacial score (nSPS) is 20.6. The highest BCUT2D eigenvalue weighted by Gasteiger charge is 2.35. The number of carbonyl (C=O) groups excluding carboxylic acids is 9. The van der Waals surface area contributed by atoms with Gasteiger partial charge < -0.3 is 54.5 Å². The van der Waals surface area contributed by atoms with Crippen LogP contribution in [0.2, 0.25) is 0 Å². The molecule has 2 heterocycles. The topological polar surface area (TPSA) is 358 Å². The van der Waals surface area contributed by atoms with Crippen molar-refractivity contribution in [3.05, 3.63) is 71.9 Å². The Bertz CT molecular complexity index is 2470. The first-order chi connectivity index (χ1) is 35.3. The molecule has 1 aliphatic rings. The smallest absolute Gasteiger partial charge is 0.243 e. The van der Waals surface area contributed by atoms with Gasteiger partial charge in [-0.1, -0.05) is 68.3 Å². The summed E-state index contributed by atoms with van der Waals surface area (Å²) in [6.07, 6.45) is 2.53. The number of benzene rings is 2. The number of para-hydroxylation sites is 1. The maximum Gasteiger partial charge on any atom is 0.243 e. The summed E-state index contributed by atoms with van der Waals surface area (Å²) >= 11 is 0. The number of fused-ring (bicyclic) bond motifs is 1. The minimum Gasteiger partial charge on any atom is -0.388 e. The molecule has 0 saturated carbocycles. The highest BCUT2D eigenvalue weighted by molar-refractivity contribution is 5.98. The first-order valence-corrected chi connectivity index (χ1v) is 25.6. The van der Waals surface area contributed by atoms with E-state index in [1.165, 1.54) is 6.92 Å². The summed E-state index contributed by atoms with van der Waals surface area (Å²) in [5.74, 6) is -8.15. The number of ketones is 3. The monoisotopic (exact) mass is 1020 g/mol. The fourth-order valence-corrected chi connectivity index (χ4v) is 9.02. The maximum atomic E-state index is 14.7. The summed E-state index contributed by atoms with van der Waals surface area (Å²) in [4.78, 5) is 137. The predicted molar refractivity (Wildman–Crippen MR) is 282 cm³/mol. The highest BCUT2D eigenvalue weighted by atomic mass is 16.2. The van der Waals surface area contributed by atoms with Gasteiger partial charge in [0.2, 0.25) is 35.4 Å². The molecule has 0 radical (unpaired) electrons. The van der Waals surface area contributed by atoms with Crippen molar-refractivity contribution in [2.24, 2.45) is 50.7 Å². The molecule has 3 aromatic rings. The van der Waals surface area contributed by atoms with E-state index in [0.29, 0.717) is 24.2 Å². The summed E-state index contributed by atoms with van der Waals surface area (Å²) in [6, 6.07) is 11.5. The van der Waals surface area contributed by atoms with Crippen LogP contribution in [0.5, 0.6) is 0 Å². The first kappa shape index (κ1) is 59.1. The van der Waals surface area contributed by atoms with Crippen LogP contribution in [0.4, 0.5) is 0 Å². The molecule has 1 aliphatic heterocycles. The van der Waals surface area contributed by atoms with Crippen LogP contribution in [0, 0.1) is 17.8 Å². The molecule has 402 valence electrons. The van der Waals surface area contributed by atoms with Crippen LogP contribution in [0.3, 0.4) is 0 Å². The number of amidine groups is 1. The molecule has 0 bridgehead atoms. The van der Waals surface area contributed by atoms with Gasteiger partial charge in [0.05, 0.1) is 11.9 Å². The van der Waals surface area contributed by atoms with Crippen molar-refractivity contribution in [3.63, 3.8) is 0 Å². The van der Waals surface area contributed by atoms with Gasteiger partial charge in [-0.3, -0.25) is 53.1 Å². The van der Waals surface area contributed by atoms with Gasteiger partial charge in [0.25, 0.3) is 0 Å². The number of hydrogen-bond acceptors (Lipinski definition) is 11. The fraction of sp³-hybridized carbons (Fsp3) is 0.528. The molecule has 74 heavy (non-hydrogen) atoms. The van der Waals surface area contributed by atoms with E-state index in [0.717, 1.165) is 16.5 Å². The number of primary amides is 1. The first-order valence-electron chi connectivity index (χ1n) is 25.6. The van der Waals surface area contributed by atoms with E-state index in [2.05, 4.69) is 41.6 Å². The second kappa shape index (κ2) is 30.6. The minimum atomic E-state index is -1.39. The Balaban J connectivity index is 1.76. The lowest BCUT2D eigenvalue weighted by Gasteiger charge is -2.27. The van der Waals surface area contributed by atoms with Crippen LogP contribution in [-0.4, -0.2) is 113 Å². The van der Waals surface area contributed by atoms with Crippen LogP contribution < -0.4 is 49.5 Å².